The molecule has 8 nitrogen and oxygen atoms in total. The zero-order chi connectivity index (χ0) is 29.7. The number of rotatable bonds is 13. The highest BCUT2D eigenvalue weighted by molar-refractivity contribution is 5.58. The van der Waals surface area contributed by atoms with Gasteiger partial charge in [-0.1, -0.05) is 52.8 Å². The predicted octanol–water partition coefficient (Wildman–Crippen LogP) is 4.45. The number of aryl methyl sites for hydroxylation is 1. The second-order valence-electron chi connectivity index (χ2n) is 11.0. The number of nitrogens with one attached hydrogen (secondary N) is 2. The number of piperidine rings is 1. The maximum absolute atomic E-state index is 13.6. The largest absolute Gasteiger partial charge is 0.394 e. The third kappa shape index (κ3) is 10.0. The predicted molar refractivity (Wildman–Crippen MR) is 164 cm³/mol. The van der Waals surface area contributed by atoms with Crippen LogP contribution >= 0.6 is 0 Å². The molecule has 3 rings (SSSR count). The molecule has 40 heavy (non-hydrogen) atoms. The number of hydrogen-bond acceptors (Lipinski definition) is 7. The summed E-state index contributed by atoms with van der Waals surface area (Å²) in [6.07, 6.45) is 6.03. The highest BCUT2D eigenvalue weighted by atomic mass is 19.1. The Kier molecular flexibility index (Phi) is 14.3. The Morgan fingerprint density at radius 2 is 2.05 bits per heavy atom. The third-order valence-electron chi connectivity index (χ3n) is 7.61. The first-order valence-electron chi connectivity index (χ1n) is 14.7. The number of nitrogens with two attached hydrogens (primary N) is 1. The van der Waals surface area contributed by atoms with Crippen molar-refractivity contribution in [3.8, 4) is 0 Å². The summed E-state index contributed by atoms with van der Waals surface area (Å²) in [7, 11) is 0. The minimum Gasteiger partial charge on any atom is -0.394 e. The van der Waals surface area contributed by atoms with E-state index in [0.29, 0.717) is 41.8 Å². The van der Waals surface area contributed by atoms with Gasteiger partial charge in [0.1, 0.15) is 5.82 Å². The molecule has 0 spiro atoms. The van der Waals surface area contributed by atoms with E-state index in [1.54, 1.807) is 25.3 Å². The Hall–Kier alpha value is -2.75. The maximum atomic E-state index is 13.6. The molecule has 2 unspecified atom stereocenters. The third-order valence-corrected chi connectivity index (χ3v) is 7.61. The number of anilines is 1. The fourth-order valence-corrected chi connectivity index (χ4v) is 4.74. The summed E-state index contributed by atoms with van der Waals surface area (Å²) in [4.78, 5) is 23.9. The Morgan fingerprint density at radius 1 is 1.35 bits per heavy atom. The van der Waals surface area contributed by atoms with Gasteiger partial charge in [-0.15, -0.1) is 0 Å². The molecule has 2 atom stereocenters. The summed E-state index contributed by atoms with van der Waals surface area (Å²) in [6.45, 7) is 19.2. The highest BCUT2D eigenvalue weighted by Crippen LogP contribution is 2.27. The molecule has 1 aliphatic heterocycles. The van der Waals surface area contributed by atoms with E-state index in [2.05, 4.69) is 59.4 Å². The van der Waals surface area contributed by atoms with Crippen molar-refractivity contribution in [3.63, 3.8) is 0 Å². The quantitative estimate of drug-likeness (QED) is 0.288. The molecule has 1 fully saturated rings. The average Bonchev–Trinajstić information content (AvgIpc) is 2.95. The SMILES string of the molecule is C=C(NCCN)c1cnc(N(CCC)CC(C)CC)c(=O)[nH]1.Cc1ccc(C(CO)N2CCC(C)CC2)cc1F. The Labute approximate surface area is 239 Å². The molecule has 2 aromatic rings. The summed E-state index contributed by atoms with van der Waals surface area (Å²) >= 11 is 0. The van der Waals surface area contributed by atoms with Gasteiger partial charge >= 0.3 is 0 Å². The van der Waals surface area contributed by atoms with Crippen LogP contribution in [0.1, 0.15) is 76.2 Å². The van der Waals surface area contributed by atoms with Crippen LogP contribution in [0.4, 0.5) is 10.2 Å². The number of halogens is 1. The Bertz CT molecular complexity index is 1100. The first-order chi connectivity index (χ1) is 19.1. The molecule has 0 radical (unpaired) electrons. The lowest BCUT2D eigenvalue weighted by Crippen LogP contribution is -2.37. The molecule has 1 aromatic heterocycles. The van der Waals surface area contributed by atoms with E-state index in [1.807, 2.05) is 6.07 Å². The van der Waals surface area contributed by atoms with Crippen LogP contribution in [0, 0.1) is 24.6 Å². The molecule has 0 saturated carbocycles. The number of aliphatic hydroxyl groups is 1. The van der Waals surface area contributed by atoms with Gasteiger partial charge in [0, 0.05) is 26.2 Å². The zero-order valence-corrected chi connectivity index (χ0v) is 25.2. The van der Waals surface area contributed by atoms with E-state index in [9.17, 15) is 14.3 Å². The van der Waals surface area contributed by atoms with E-state index in [-0.39, 0.29) is 24.0 Å². The summed E-state index contributed by atoms with van der Waals surface area (Å²) < 4.78 is 13.6. The molecular formula is C31H51FN6O2. The van der Waals surface area contributed by atoms with Crippen LogP contribution in [0.3, 0.4) is 0 Å². The van der Waals surface area contributed by atoms with Gasteiger partial charge in [-0.25, -0.2) is 9.37 Å². The van der Waals surface area contributed by atoms with Crippen LogP contribution in [-0.2, 0) is 0 Å². The normalized spacial score (nSPS) is 15.6. The first-order valence-corrected chi connectivity index (χ1v) is 14.7. The van der Waals surface area contributed by atoms with Gasteiger partial charge in [-0.2, -0.15) is 0 Å². The van der Waals surface area contributed by atoms with Gasteiger partial charge in [0.15, 0.2) is 5.82 Å². The van der Waals surface area contributed by atoms with Crippen LogP contribution in [0.5, 0.6) is 0 Å². The number of aromatic nitrogens is 2. The van der Waals surface area contributed by atoms with Gasteiger partial charge in [-0.05, 0) is 68.3 Å². The monoisotopic (exact) mass is 558 g/mol. The summed E-state index contributed by atoms with van der Waals surface area (Å²) in [5.41, 5.74) is 8.04. The van der Waals surface area contributed by atoms with Crippen molar-refractivity contribution in [2.75, 3.05) is 50.8 Å². The lowest BCUT2D eigenvalue weighted by atomic mass is 9.95. The van der Waals surface area contributed by atoms with Crippen LogP contribution in [0.15, 0.2) is 35.8 Å². The van der Waals surface area contributed by atoms with E-state index in [0.717, 1.165) is 63.3 Å². The molecule has 1 aromatic carbocycles. The smallest absolute Gasteiger partial charge is 0.291 e. The van der Waals surface area contributed by atoms with Crippen molar-refractivity contribution >= 4 is 11.5 Å². The van der Waals surface area contributed by atoms with Crippen LogP contribution < -0.4 is 21.5 Å². The molecule has 5 N–H and O–H groups in total. The maximum Gasteiger partial charge on any atom is 0.291 e. The van der Waals surface area contributed by atoms with Gasteiger partial charge in [0.2, 0.25) is 0 Å². The molecule has 0 bridgehead atoms. The molecule has 0 aliphatic carbocycles. The topological polar surface area (TPSA) is 111 Å². The molecule has 1 saturated heterocycles. The number of H-pyrrole nitrogens is 1. The van der Waals surface area contributed by atoms with Crippen LogP contribution in [0.2, 0.25) is 0 Å². The minimum absolute atomic E-state index is 0.0525. The lowest BCUT2D eigenvalue weighted by Gasteiger charge is -2.36. The molecule has 2 heterocycles. The summed E-state index contributed by atoms with van der Waals surface area (Å²) in [5, 5.41) is 12.6. The second-order valence-corrected chi connectivity index (χ2v) is 11.0. The molecule has 1 aliphatic rings. The van der Waals surface area contributed by atoms with E-state index >= 15 is 0 Å². The standard InChI is InChI=1S/C16H29N5O.C15H22FNO/c1-5-9-21(11-12(3)6-2)15-16(22)20-14(10-19-15)13(4)18-8-7-17;1-11-5-7-17(8-6-11)15(10-18)13-4-3-12(2)14(16)9-13/h10,12,18H,4-9,11,17H2,1-3H3,(H,20,22);3-4,9,11,15,18H,5-8,10H2,1-2H3. The fraction of sp³-hybridized carbons (Fsp3) is 0.613. The number of aliphatic hydroxyl groups excluding tert-OH is 1. The molecule has 0 amide bonds. The van der Waals surface area contributed by atoms with Gasteiger partial charge in [-0.3, -0.25) is 9.69 Å². The number of nitrogens with zero attached hydrogens (tertiary/aromatic N) is 3. The highest BCUT2D eigenvalue weighted by Gasteiger charge is 2.24. The molecule has 224 valence electrons. The van der Waals surface area contributed by atoms with E-state index in [4.69, 9.17) is 5.73 Å². The van der Waals surface area contributed by atoms with Gasteiger partial charge < -0.3 is 26.0 Å². The van der Waals surface area contributed by atoms with Crippen molar-refractivity contribution in [2.24, 2.45) is 17.6 Å². The Morgan fingerprint density at radius 3 is 2.60 bits per heavy atom. The first kappa shape index (κ1) is 33.5. The summed E-state index contributed by atoms with van der Waals surface area (Å²) in [5.74, 6) is 1.58. The van der Waals surface area contributed by atoms with Crippen molar-refractivity contribution in [1.29, 1.82) is 0 Å². The van der Waals surface area contributed by atoms with Crippen molar-refractivity contribution in [2.45, 2.75) is 66.3 Å². The van der Waals surface area contributed by atoms with Gasteiger partial charge in [0.25, 0.3) is 5.56 Å². The lowest BCUT2D eigenvalue weighted by molar-refractivity contribution is 0.0895. The van der Waals surface area contributed by atoms with Crippen LogP contribution in [0.25, 0.3) is 5.70 Å². The average molecular weight is 559 g/mol. The summed E-state index contributed by atoms with van der Waals surface area (Å²) in [6, 6.07) is 5.22. The zero-order valence-electron chi connectivity index (χ0n) is 25.2. The molecule has 9 heteroatoms. The second kappa shape index (κ2) is 17.1. The van der Waals surface area contributed by atoms with Crippen molar-refractivity contribution < 1.29 is 9.50 Å². The molecular weight excluding hydrogens is 507 g/mol. The van der Waals surface area contributed by atoms with Crippen molar-refractivity contribution in [3.05, 3.63) is 64.0 Å². The van der Waals surface area contributed by atoms with E-state index in [1.165, 1.54) is 0 Å². The Balaban J connectivity index is 0.000000285. The fourth-order valence-electron chi connectivity index (χ4n) is 4.74. The minimum atomic E-state index is -0.184. The number of hydrogen-bond donors (Lipinski definition) is 4. The van der Waals surface area contributed by atoms with Crippen molar-refractivity contribution in [1.82, 2.24) is 20.2 Å². The number of aromatic amines is 1. The van der Waals surface area contributed by atoms with Gasteiger partial charge in [0.05, 0.1) is 30.2 Å². The van der Waals surface area contributed by atoms with E-state index < -0.39 is 0 Å². The number of benzene rings is 1. The number of likely N-dealkylation sites (tertiary alicyclic amines) is 1. The van der Waals surface area contributed by atoms with Crippen LogP contribution in [-0.4, -0.2) is 65.8 Å².